The molecule has 0 bridgehead atoms. The number of pyridine rings is 1. The fourth-order valence-corrected chi connectivity index (χ4v) is 4.70. The largest absolute Gasteiger partial charge is 0.493 e. The van der Waals surface area contributed by atoms with E-state index in [-0.39, 0.29) is 5.92 Å². The number of methoxy groups -OCH3 is 1. The molecule has 1 saturated heterocycles. The van der Waals surface area contributed by atoms with Gasteiger partial charge in [0.2, 0.25) is 0 Å². The van der Waals surface area contributed by atoms with E-state index in [4.69, 9.17) is 14.7 Å². The van der Waals surface area contributed by atoms with Crippen molar-refractivity contribution in [1.29, 1.82) is 0 Å². The summed E-state index contributed by atoms with van der Waals surface area (Å²) < 4.78 is 7.31. The molecular formula is C23H29N7O. The Balaban J connectivity index is 1.60. The summed E-state index contributed by atoms with van der Waals surface area (Å²) in [4.78, 5) is 20.2. The molecule has 0 saturated carbocycles. The van der Waals surface area contributed by atoms with Crippen molar-refractivity contribution < 1.29 is 4.74 Å². The number of fused-ring (bicyclic) bond motifs is 2. The Morgan fingerprint density at radius 1 is 1.23 bits per heavy atom. The van der Waals surface area contributed by atoms with Gasteiger partial charge in [0.25, 0.3) is 0 Å². The Morgan fingerprint density at radius 3 is 2.74 bits per heavy atom. The van der Waals surface area contributed by atoms with Gasteiger partial charge < -0.3 is 14.6 Å². The van der Waals surface area contributed by atoms with Crippen molar-refractivity contribution in [3.05, 3.63) is 36.0 Å². The molecule has 1 aliphatic heterocycles. The van der Waals surface area contributed by atoms with Crippen molar-refractivity contribution in [2.24, 2.45) is 0 Å². The van der Waals surface area contributed by atoms with Crippen LogP contribution in [0.3, 0.4) is 0 Å². The molecular weight excluding hydrogens is 390 g/mol. The zero-order valence-electron chi connectivity index (χ0n) is 18.6. The number of aromatic nitrogens is 6. The van der Waals surface area contributed by atoms with Crippen LogP contribution in [-0.4, -0.2) is 61.2 Å². The second-order valence-corrected chi connectivity index (χ2v) is 8.59. The molecule has 8 heteroatoms. The first kappa shape index (κ1) is 19.9. The minimum absolute atomic E-state index is 0.285. The third kappa shape index (κ3) is 3.44. The molecule has 1 N–H and O–H groups in total. The number of hydrogen-bond donors (Lipinski definition) is 1. The summed E-state index contributed by atoms with van der Waals surface area (Å²) >= 11 is 0. The van der Waals surface area contributed by atoms with Gasteiger partial charge in [-0.2, -0.15) is 5.10 Å². The average molecular weight is 420 g/mol. The third-order valence-corrected chi connectivity index (χ3v) is 6.44. The smallest absolute Gasteiger partial charge is 0.197 e. The van der Waals surface area contributed by atoms with Crippen LogP contribution in [0, 0.1) is 0 Å². The highest BCUT2D eigenvalue weighted by Crippen LogP contribution is 2.37. The Kier molecular flexibility index (Phi) is 5.09. The van der Waals surface area contributed by atoms with E-state index in [9.17, 15) is 0 Å². The van der Waals surface area contributed by atoms with Crippen molar-refractivity contribution in [2.45, 2.75) is 45.4 Å². The lowest BCUT2D eigenvalue weighted by molar-refractivity contribution is 0.221. The molecule has 8 nitrogen and oxygen atoms in total. The SMILES string of the molecule is CCN1CCC(c2cnc3[nH]c(-c4cc(OC)c5ncnn5c4)c(C(C)C)c3n2)CC1. The average Bonchev–Trinajstić information content (AvgIpc) is 3.42. The topological polar surface area (TPSA) is 84.2 Å². The van der Waals surface area contributed by atoms with Gasteiger partial charge in [-0.3, -0.25) is 0 Å². The van der Waals surface area contributed by atoms with Gasteiger partial charge in [0, 0.05) is 23.2 Å². The van der Waals surface area contributed by atoms with E-state index < -0.39 is 0 Å². The molecule has 4 aromatic heterocycles. The molecule has 0 amide bonds. The maximum Gasteiger partial charge on any atom is 0.197 e. The first-order valence-electron chi connectivity index (χ1n) is 11.1. The van der Waals surface area contributed by atoms with E-state index in [1.54, 1.807) is 11.6 Å². The number of likely N-dealkylation sites (tertiary alicyclic amines) is 1. The van der Waals surface area contributed by atoms with E-state index >= 15 is 0 Å². The van der Waals surface area contributed by atoms with Crippen LogP contribution >= 0.6 is 0 Å². The Labute approximate surface area is 181 Å². The summed E-state index contributed by atoms with van der Waals surface area (Å²) in [7, 11) is 1.65. The highest BCUT2D eigenvalue weighted by atomic mass is 16.5. The first-order valence-corrected chi connectivity index (χ1v) is 11.1. The quantitative estimate of drug-likeness (QED) is 0.526. The summed E-state index contributed by atoms with van der Waals surface area (Å²) in [6.07, 6.45) is 7.75. The maximum atomic E-state index is 5.57. The molecule has 0 aliphatic carbocycles. The molecule has 5 rings (SSSR count). The van der Waals surface area contributed by atoms with Crippen LogP contribution in [0.2, 0.25) is 0 Å². The minimum atomic E-state index is 0.285. The molecule has 1 aliphatic rings. The number of hydrogen-bond acceptors (Lipinski definition) is 6. The van der Waals surface area contributed by atoms with Gasteiger partial charge in [-0.15, -0.1) is 0 Å². The number of nitrogens with zero attached hydrogens (tertiary/aromatic N) is 6. The van der Waals surface area contributed by atoms with Crippen molar-refractivity contribution >= 4 is 16.8 Å². The summed E-state index contributed by atoms with van der Waals surface area (Å²) in [5.41, 5.74) is 6.78. The molecule has 0 radical (unpaired) electrons. The van der Waals surface area contributed by atoms with Crippen LogP contribution in [-0.2, 0) is 0 Å². The van der Waals surface area contributed by atoms with E-state index in [1.807, 2.05) is 18.5 Å². The van der Waals surface area contributed by atoms with Gasteiger partial charge in [-0.25, -0.2) is 19.5 Å². The Bertz CT molecular complexity index is 1220. The second kappa shape index (κ2) is 7.92. The van der Waals surface area contributed by atoms with Gasteiger partial charge in [0.1, 0.15) is 11.8 Å². The zero-order valence-corrected chi connectivity index (χ0v) is 18.6. The lowest BCUT2D eigenvalue weighted by Crippen LogP contribution is -2.32. The molecule has 4 aromatic rings. The van der Waals surface area contributed by atoms with E-state index in [2.05, 4.69) is 40.7 Å². The van der Waals surface area contributed by atoms with Gasteiger partial charge >= 0.3 is 0 Å². The van der Waals surface area contributed by atoms with Crippen molar-refractivity contribution in [3.63, 3.8) is 0 Å². The van der Waals surface area contributed by atoms with Crippen molar-refractivity contribution in [2.75, 3.05) is 26.7 Å². The Morgan fingerprint density at radius 2 is 2.03 bits per heavy atom. The standard InChI is InChI=1S/C23H29N7O/c1-5-29-8-6-15(7-9-29)17-11-24-22-21(27-17)19(14(2)3)20(28-22)16-10-18(31-4)23-25-13-26-30(23)12-16/h10-15H,5-9H2,1-4H3,(H,24,28). The van der Waals surface area contributed by atoms with Crippen LogP contribution in [0.15, 0.2) is 24.8 Å². The van der Waals surface area contributed by atoms with E-state index in [0.29, 0.717) is 17.3 Å². The summed E-state index contributed by atoms with van der Waals surface area (Å²) in [5, 5.41) is 4.31. The number of rotatable bonds is 5. The summed E-state index contributed by atoms with van der Waals surface area (Å²) in [6, 6.07) is 2.00. The normalized spacial score (nSPS) is 16.0. The van der Waals surface area contributed by atoms with Crippen LogP contribution < -0.4 is 4.74 Å². The van der Waals surface area contributed by atoms with Crippen LogP contribution in [0.1, 0.15) is 56.7 Å². The van der Waals surface area contributed by atoms with Crippen LogP contribution in [0.5, 0.6) is 5.75 Å². The number of H-pyrrole nitrogens is 1. The van der Waals surface area contributed by atoms with Crippen molar-refractivity contribution in [1.82, 2.24) is 34.4 Å². The Hall–Kier alpha value is -3.00. The highest BCUT2D eigenvalue weighted by molar-refractivity contribution is 5.86. The molecule has 5 heterocycles. The molecule has 1 fully saturated rings. The molecule has 31 heavy (non-hydrogen) atoms. The predicted octanol–water partition coefficient (Wildman–Crippen LogP) is 4.00. The zero-order chi connectivity index (χ0) is 21.5. The lowest BCUT2D eigenvalue weighted by atomic mass is 9.93. The van der Waals surface area contributed by atoms with E-state index in [1.165, 1.54) is 11.9 Å². The fourth-order valence-electron chi connectivity index (χ4n) is 4.70. The maximum absolute atomic E-state index is 5.57. The molecule has 0 aromatic carbocycles. The van der Waals surface area contributed by atoms with Gasteiger partial charge in [0.15, 0.2) is 17.0 Å². The molecule has 0 atom stereocenters. The first-order chi connectivity index (χ1) is 15.1. The third-order valence-electron chi connectivity index (χ3n) is 6.44. The van der Waals surface area contributed by atoms with Crippen molar-refractivity contribution in [3.8, 4) is 17.0 Å². The van der Waals surface area contributed by atoms with Gasteiger partial charge in [-0.05, 0) is 44.5 Å². The minimum Gasteiger partial charge on any atom is -0.493 e. The fraction of sp³-hybridized carbons (Fsp3) is 0.478. The molecule has 0 spiro atoms. The number of ether oxygens (including phenoxy) is 1. The second-order valence-electron chi connectivity index (χ2n) is 8.59. The monoisotopic (exact) mass is 419 g/mol. The number of aromatic amines is 1. The summed E-state index contributed by atoms with van der Waals surface area (Å²) in [5.74, 6) is 1.45. The van der Waals surface area contributed by atoms with E-state index in [0.717, 1.165) is 60.6 Å². The molecule has 0 unspecified atom stereocenters. The van der Waals surface area contributed by atoms with Gasteiger partial charge in [0.05, 0.1) is 24.7 Å². The summed E-state index contributed by atoms with van der Waals surface area (Å²) in [6.45, 7) is 10.0. The van der Waals surface area contributed by atoms with Crippen LogP contribution in [0.4, 0.5) is 0 Å². The lowest BCUT2D eigenvalue weighted by Gasteiger charge is -2.30. The number of nitrogens with one attached hydrogen (secondary N) is 1. The highest BCUT2D eigenvalue weighted by Gasteiger charge is 2.24. The predicted molar refractivity (Wildman–Crippen MR) is 121 cm³/mol. The number of piperidine rings is 1. The van der Waals surface area contributed by atoms with Gasteiger partial charge in [-0.1, -0.05) is 20.8 Å². The molecule has 162 valence electrons. The van der Waals surface area contributed by atoms with Crippen LogP contribution in [0.25, 0.3) is 28.1 Å².